The Kier molecular flexibility index (Phi) is 1.43. The van der Waals surface area contributed by atoms with Gasteiger partial charge in [-0.2, -0.15) is 0 Å². The summed E-state index contributed by atoms with van der Waals surface area (Å²) >= 11 is 1.76. The first-order chi connectivity index (χ1) is 5.27. The molecule has 0 radical (unpaired) electrons. The largest absolute Gasteiger partial charge is 0.241 e. The highest BCUT2D eigenvalue weighted by atomic mass is 32.1. The molecule has 0 saturated carbocycles. The standard InChI is InChI=1S/C9H9NS/c1-6-4-3-5-8-9(6)10-7(2)11-8/h3-5H,1-2H3. The molecule has 2 heteroatoms. The molecule has 0 N–H and O–H groups in total. The molecule has 56 valence electrons. The quantitative estimate of drug-likeness (QED) is 0.582. The zero-order valence-electron chi connectivity index (χ0n) is 6.59. The van der Waals surface area contributed by atoms with Crippen LogP contribution in [0.4, 0.5) is 0 Å². The summed E-state index contributed by atoms with van der Waals surface area (Å²) in [4.78, 5) is 4.43. The van der Waals surface area contributed by atoms with Crippen molar-refractivity contribution in [1.82, 2.24) is 4.98 Å². The first-order valence-electron chi connectivity index (χ1n) is 3.60. The van der Waals surface area contributed by atoms with Gasteiger partial charge in [-0.1, -0.05) is 12.1 Å². The third-order valence-electron chi connectivity index (χ3n) is 1.73. The molecule has 0 atom stereocenters. The van der Waals surface area contributed by atoms with Gasteiger partial charge in [-0.25, -0.2) is 4.98 Å². The van der Waals surface area contributed by atoms with Gasteiger partial charge < -0.3 is 0 Å². The zero-order valence-corrected chi connectivity index (χ0v) is 7.40. The number of fused-ring (bicyclic) bond motifs is 1. The van der Waals surface area contributed by atoms with E-state index in [0.29, 0.717) is 0 Å². The van der Waals surface area contributed by atoms with Crippen molar-refractivity contribution < 1.29 is 0 Å². The molecule has 0 saturated heterocycles. The first kappa shape index (κ1) is 6.80. The molecule has 1 aromatic heterocycles. The average molecular weight is 163 g/mol. The summed E-state index contributed by atoms with van der Waals surface area (Å²) in [5.41, 5.74) is 2.43. The predicted molar refractivity (Wildman–Crippen MR) is 49.1 cm³/mol. The van der Waals surface area contributed by atoms with Crippen molar-refractivity contribution in [2.24, 2.45) is 0 Å². The Morgan fingerprint density at radius 3 is 2.82 bits per heavy atom. The summed E-state index contributed by atoms with van der Waals surface area (Å²) in [5, 5.41) is 1.15. The van der Waals surface area contributed by atoms with Gasteiger partial charge in [0.25, 0.3) is 0 Å². The molecule has 0 aliphatic carbocycles. The molecule has 1 nitrogen and oxygen atoms in total. The molecular formula is C9H9NS. The molecule has 2 aromatic rings. The highest BCUT2D eigenvalue weighted by Crippen LogP contribution is 2.23. The van der Waals surface area contributed by atoms with Crippen molar-refractivity contribution in [1.29, 1.82) is 0 Å². The molecule has 0 unspecified atom stereocenters. The molecule has 1 heterocycles. The van der Waals surface area contributed by atoms with Crippen LogP contribution in [0.5, 0.6) is 0 Å². The van der Waals surface area contributed by atoms with E-state index in [4.69, 9.17) is 0 Å². The number of hydrogen-bond donors (Lipinski definition) is 0. The van der Waals surface area contributed by atoms with E-state index in [1.54, 1.807) is 11.3 Å². The second kappa shape index (κ2) is 2.31. The Balaban J connectivity index is 2.90. The van der Waals surface area contributed by atoms with Gasteiger partial charge >= 0.3 is 0 Å². The molecule has 0 amide bonds. The van der Waals surface area contributed by atoms with E-state index in [2.05, 4.69) is 30.1 Å². The summed E-state index contributed by atoms with van der Waals surface area (Å²) in [6.07, 6.45) is 0. The van der Waals surface area contributed by atoms with E-state index in [0.717, 1.165) is 10.5 Å². The first-order valence-corrected chi connectivity index (χ1v) is 4.42. The Morgan fingerprint density at radius 2 is 2.09 bits per heavy atom. The number of para-hydroxylation sites is 1. The smallest absolute Gasteiger partial charge is 0.0907 e. The normalized spacial score (nSPS) is 10.7. The molecule has 0 aliphatic heterocycles. The van der Waals surface area contributed by atoms with Gasteiger partial charge in [0.2, 0.25) is 0 Å². The lowest BCUT2D eigenvalue weighted by molar-refractivity contribution is 1.32. The van der Waals surface area contributed by atoms with E-state index in [1.165, 1.54) is 10.3 Å². The molecule has 0 spiro atoms. The summed E-state index contributed by atoms with van der Waals surface area (Å²) in [7, 11) is 0. The Hall–Kier alpha value is -0.890. The highest BCUT2D eigenvalue weighted by Gasteiger charge is 2.00. The van der Waals surface area contributed by atoms with Crippen LogP contribution in [0.25, 0.3) is 10.2 Å². The summed E-state index contributed by atoms with van der Waals surface area (Å²) in [6.45, 7) is 4.14. The van der Waals surface area contributed by atoms with Crippen LogP contribution in [-0.2, 0) is 0 Å². The molecule has 1 aromatic carbocycles. The van der Waals surface area contributed by atoms with Crippen molar-refractivity contribution in [2.45, 2.75) is 13.8 Å². The maximum atomic E-state index is 4.43. The van der Waals surface area contributed by atoms with E-state index in [-0.39, 0.29) is 0 Å². The van der Waals surface area contributed by atoms with E-state index < -0.39 is 0 Å². The zero-order chi connectivity index (χ0) is 7.84. The van der Waals surface area contributed by atoms with E-state index >= 15 is 0 Å². The number of thiazole rings is 1. The van der Waals surface area contributed by atoms with Gasteiger partial charge in [0, 0.05) is 0 Å². The SMILES string of the molecule is Cc1nc2c(C)cccc2s1. The third kappa shape index (κ3) is 1.03. The predicted octanol–water partition coefficient (Wildman–Crippen LogP) is 2.91. The van der Waals surface area contributed by atoms with Crippen molar-refractivity contribution in [3.63, 3.8) is 0 Å². The third-order valence-corrected chi connectivity index (χ3v) is 2.66. The number of aromatic nitrogens is 1. The number of rotatable bonds is 0. The number of benzene rings is 1. The van der Waals surface area contributed by atoms with Gasteiger partial charge in [0.1, 0.15) is 0 Å². The lowest BCUT2D eigenvalue weighted by Gasteiger charge is -1.90. The summed E-state index contributed by atoms with van der Waals surface area (Å²) in [5.74, 6) is 0. The van der Waals surface area contributed by atoms with Crippen LogP contribution in [-0.4, -0.2) is 4.98 Å². The fraction of sp³-hybridized carbons (Fsp3) is 0.222. The maximum absolute atomic E-state index is 4.43. The molecular weight excluding hydrogens is 154 g/mol. The minimum absolute atomic E-state index is 1.15. The summed E-state index contributed by atoms with van der Waals surface area (Å²) < 4.78 is 1.29. The lowest BCUT2D eigenvalue weighted by Crippen LogP contribution is -1.74. The second-order valence-electron chi connectivity index (χ2n) is 2.65. The second-order valence-corrected chi connectivity index (χ2v) is 3.89. The van der Waals surface area contributed by atoms with Gasteiger partial charge in [0.05, 0.1) is 15.2 Å². The Bertz CT molecular complexity index is 389. The van der Waals surface area contributed by atoms with Crippen LogP contribution < -0.4 is 0 Å². The fourth-order valence-corrected chi connectivity index (χ4v) is 2.10. The van der Waals surface area contributed by atoms with Gasteiger partial charge in [-0.15, -0.1) is 11.3 Å². The molecule has 2 rings (SSSR count). The van der Waals surface area contributed by atoms with Gasteiger partial charge in [-0.3, -0.25) is 0 Å². The molecule has 0 bridgehead atoms. The Labute approximate surface area is 69.7 Å². The fourth-order valence-electron chi connectivity index (χ4n) is 1.20. The van der Waals surface area contributed by atoms with Crippen molar-refractivity contribution >= 4 is 21.6 Å². The minimum Gasteiger partial charge on any atom is -0.241 e. The number of aryl methyl sites for hydroxylation is 2. The lowest BCUT2D eigenvalue weighted by atomic mass is 10.2. The van der Waals surface area contributed by atoms with Crippen LogP contribution in [0.15, 0.2) is 18.2 Å². The topological polar surface area (TPSA) is 12.9 Å². The molecule has 11 heavy (non-hydrogen) atoms. The minimum atomic E-state index is 1.15. The van der Waals surface area contributed by atoms with Crippen molar-refractivity contribution in [3.05, 3.63) is 28.8 Å². The van der Waals surface area contributed by atoms with Crippen LogP contribution >= 0.6 is 11.3 Å². The molecule has 0 fully saturated rings. The van der Waals surface area contributed by atoms with Crippen molar-refractivity contribution in [3.8, 4) is 0 Å². The van der Waals surface area contributed by atoms with Crippen molar-refractivity contribution in [2.75, 3.05) is 0 Å². The van der Waals surface area contributed by atoms with Crippen LogP contribution in [0.2, 0.25) is 0 Å². The maximum Gasteiger partial charge on any atom is 0.0907 e. The highest BCUT2D eigenvalue weighted by molar-refractivity contribution is 7.18. The number of hydrogen-bond acceptors (Lipinski definition) is 2. The number of nitrogens with zero attached hydrogens (tertiary/aromatic N) is 1. The van der Waals surface area contributed by atoms with E-state index in [1.807, 2.05) is 6.92 Å². The monoisotopic (exact) mass is 163 g/mol. The summed E-state index contributed by atoms with van der Waals surface area (Å²) in [6, 6.07) is 6.30. The molecule has 0 aliphatic rings. The average Bonchev–Trinajstić information content (AvgIpc) is 2.31. The van der Waals surface area contributed by atoms with Crippen LogP contribution in [0.1, 0.15) is 10.6 Å². The van der Waals surface area contributed by atoms with E-state index in [9.17, 15) is 0 Å². The van der Waals surface area contributed by atoms with Crippen LogP contribution in [0, 0.1) is 13.8 Å². The van der Waals surface area contributed by atoms with Gasteiger partial charge in [0.15, 0.2) is 0 Å². The van der Waals surface area contributed by atoms with Gasteiger partial charge in [-0.05, 0) is 25.5 Å². The van der Waals surface area contributed by atoms with Crippen LogP contribution in [0.3, 0.4) is 0 Å². The Morgan fingerprint density at radius 1 is 1.27 bits per heavy atom.